The second-order valence-electron chi connectivity index (χ2n) is 6.58. The molecule has 25 heavy (non-hydrogen) atoms. The monoisotopic (exact) mass is 353 g/mol. The summed E-state index contributed by atoms with van der Waals surface area (Å²) in [6.45, 7) is 5.03. The van der Waals surface area contributed by atoms with Gasteiger partial charge in [0, 0.05) is 24.8 Å². The predicted molar refractivity (Wildman–Crippen MR) is 103 cm³/mol. The molecule has 1 fully saturated rings. The molecule has 1 aromatic carbocycles. The molecule has 4 nitrogen and oxygen atoms in total. The Morgan fingerprint density at radius 3 is 2.92 bits per heavy atom. The standard InChI is InChI=1S/C20H23N3OS/c1-15-18(22-20(24-15)19-10-6-12-25-19)14-23-11-5-9-17(13-23)21-16-7-3-2-4-8-16/h2-4,6-8,10,12,17,21H,5,9,11,13-14H2,1H3/t17-/m0/s1. The molecule has 3 heterocycles. The number of anilines is 1. The molecule has 130 valence electrons. The van der Waals surface area contributed by atoms with Crippen molar-refractivity contribution in [2.45, 2.75) is 32.4 Å². The summed E-state index contributed by atoms with van der Waals surface area (Å²) in [5.74, 6) is 1.68. The van der Waals surface area contributed by atoms with Gasteiger partial charge in [0.15, 0.2) is 0 Å². The van der Waals surface area contributed by atoms with Crippen molar-refractivity contribution in [3.05, 3.63) is 59.3 Å². The molecule has 4 rings (SSSR count). The number of benzene rings is 1. The van der Waals surface area contributed by atoms with Crippen LogP contribution in [0.1, 0.15) is 24.3 Å². The van der Waals surface area contributed by atoms with E-state index in [0.717, 1.165) is 41.9 Å². The molecular weight excluding hydrogens is 330 g/mol. The van der Waals surface area contributed by atoms with Crippen LogP contribution in [-0.2, 0) is 6.54 Å². The fourth-order valence-electron chi connectivity index (χ4n) is 3.38. The highest BCUT2D eigenvalue weighted by atomic mass is 32.1. The first-order valence-corrected chi connectivity index (χ1v) is 9.70. The third kappa shape index (κ3) is 3.94. The Labute approximate surface area is 152 Å². The van der Waals surface area contributed by atoms with Crippen molar-refractivity contribution in [3.63, 3.8) is 0 Å². The maximum Gasteiger partial charge on any atom is 0.236 e. The van der Waals surface area contributed by atoms with Gasteiger partial charge in [-0.1, -0.05) is 24.3 Å². The summed E-state index contributed by atoms with van der Waals surface area (Å²) in [5.41, 5.74) is 2.26. The maximum atomic E-state index is 5.88. The van der Waals surface area contributed by atoms with Gasteiger partial charge in [-0.15, -0.1) is 11.3 Å². The van der Waals surface area contributed by atoms with Crippen LogP contribution in [0.15, 0.2) is 52.3 Å². The van der Waals surface area contributed by atoms with Crippen LogP contribution in [0.3, 0.4) is 0 Å². The fraction of sp³-hybridized carbons (Fsp3) is 0.350. The largest absolute Gasteiger partial charge is 0.440 e. The minimum Gasteiger partial charge on any atom is -0.440 e. The predicted octanol–water partition coefficient (Wildman–Crippen LogP) is 4.79. The van der Waals surface area contributed by atoms with Crippen LogP contribution in [0, 0.1) is 6.92 Å². The second-order valence-corrected chi connectivity index (χ2v) is 7.53. The van der Waals surface area contributed by atoms with Crippen LogP contribution in [0.2, 0.25) is 0 Å². The Bertz CT molecular complexity index is 798. The first-order chi connectivity index (χ1) is 12.3. The number of thiophene rings is 1. The smallest absolute Gasteiger partial charge is 0.236 e. The first kappa shape index (κ1) is 16.4. The van der Waals surface area contributed by atoms with Crippen molar-refractivity contribution >= 4 is 17.0 Å². The van der Waals surface area contributed by atoms with E-state index in [2.05, 4.69) is 52.0 Å². The minimum atomic E-state index is 0.486. The molecular formula is C20H23N3OS. The lowest BCUT2D eigenvalue weighted by Gasteiger charge is -2.33. The third-order valence-electron chi connectivity index (χ3n) is 4.65. The van der Waals surface area contributed by atoms with Gasteiger partial charge in [-0.05, 0) is 49.9 Å². The molecule has 0 bridgehead atoms. The summed E-state index contributed by atoms with van der Waals surface area (Å²) < 4.78 is 5.88. The van der Waals surface area contributed by atoms with Gasteiger partial charge in [-0.25, -0.2) is 4.98 Å². The van der Waals surface area contributed by atoms with Gasteiger partial charge in [0.1, 0.15) is 5.76 Å². The van der Waals surface area contributed by atoms with Crippen LogP contribution in [0.25, 0.3) is 10.8 Å². The van der Waals surface area contributed by atoms with Crippen molar-refractivity contribution in [2.24, 2.45) is 0 Å². The zero-order valence-corrected chi connectivity index (χ0v) is 15.3. The van der Waals surface area contributed by atoms with E-state index in [4.69, 9.17) is 9.40 Å². The molecule has 1 aliphatic rings. The van der Waals surface area contributed by atoms with E-state index in [-0.39, 0.29) is 0 Å². The van der Waals surface area contributed by atoms with E-state index in [0.29, 0.717) is 6.04 Å². The number of aromatic nitrogens is 1. The Balaban J connectivity index is 1.41. The molecule has 1 N–H and O–H groups in total. The molecule has 1 saturated heterocycles. The normalized spacial score (nSPS) is 18.4. The number of oxazole rings is 1. The van der Waals surface area contributed by atoms with Crippen molar-refractivity contribution < 1.29 is 4.42 Å². The lowest BCUT2D eigenvalue weighted by molar-refractivity contribution is 0.206. The van der Waals surface area contributed by atoms with Gasteiger partial charge in [-0.3, -0.25) is 4.90 Å². The Kier molecular flexibility index (Phi) is 4.85. The zero-order chi connectivity index (χ0) is 17.1. The highest BCUT2D eigenvalue weighted by Gasteiger charge is 2.22. The SMILES string of the molecule is Cc1oc(-c2cccs2)nc1CN1CCC[C@H](Nc2ccccc2)C1. The van der Waals surface area contributed by atoms with Crippen LogP contribution >= 0.6 is 11.3 Å². The summed E-state index contributed by atoms with van der Waals surface area (Å²) in [4.78, 5) is 8.31. The van der Waals surface area contributed by atoms with Gasteiger partial charge in [0.05, 0.1) is 10.6 Å². The zero-order valence-electron chi connectivity index (χ0n) is 14.4. The number of hydrogen-bond donors (Lipinski definition) is 1. The van der Waals surface area contributed by atoms with Crippen molar-refractivity contribution in [1.29, 1.82) is 0 Å². The number of para-hydroxylation sites is 1. The van der Waals surface area contributed by atoms with E-state index in [1.165, 1.54) is 18.5 Å². The average molecular weight is 353 g/mol. The highest BCUT2D eigenvalue weighted by Crippen LogP contribution is 2.27. The van der Waals surface area contributed by atoms with E-state index >= 15 is 0 Å². The molecule has 0 unspecified atom stereocenters. The summed E-state index contributed by atoms with van der Waals surface area (Å²) in [5, 5.41) is 5.71. The molecule has 1 atom stereocenters. The fourth-order valence-corrected chi connectivity index (χ4v) is 4.03. The summed E-state index contributed by atoms with van der Waals surface area (Å²) >= 11 is 1.67. The minimum absolute atomic E-state index is 0.486. The van der Waals surface area contributed by atoms with Crippen LogP contribution in [-0.4, -0.2) is 29.0 Å². The van der Waals surface area contributed by atoms with E-state index < -0.39 is 0 Å². The molecule has 0 radical (unpaired) electrons. The van der Waals surface area contributed by atoms with Gasteiger partial charge in [0.25, 0.3) is 0 Å². The van der Waals surface area contributed by atoms with E-state index in [1.54, 1.807) is 11.3 Å². The topological polar surface area (TPSA) is 41.3 Å². The van der Waals surface area contributed by atoms with Crippen LogP contribution < -0.4 is 5.32 Å². The lowest BCUT2D eigenvalue weighted by Crippen LogP contribution is -2.41. The van der Waals surface area contributed by atoms with Crippen molar-refractivity contribution in [3.8, 4) is 10.8 Å². The number of rotatable bonds is 5. The van der Waals surface area contributed by atoms with E-state index in [9.17, 15) is 0 Å². The Morgan fingerprint density at radius 1 is 1.24 bits per heavy atom. The van der Waals surface area contributed by atoms with Crippen molar-refractivity contribution in [2.75, 3.05) is 18.4 Å². The van der Waals surface area contributed by atoms with Crippen LogP contribution in [0.5, 0.6) is 0 Å². The lowest BCUT2D eigenvalue weighted by atomic mass is 10.0. The first-order valence-electron chi connectivity index (χ1n) is 8.82. The number of piperidine rings is 1. The molecule has 0 aliphatic carbocycles. The molecule has 2 aromatic heterocycles. The Morgan fingerprint density at radius 2 is 2.12 bits per heavy atom. The molecule has 3 aromatic rings. The maximum absolute atomic E-state index is 5.88. The Hall–Kier alpha value is -2.11. The van der Waals surface area contributed by atoms with Crippen molar-refractivity contribution in [1.82, 2.24) is 9.88 Å². The van der Waals surface area contributed by atoms with Gasteiger partial charge < -0.3 is 9.73 Å². The van der Waals surface area contributed by atoms with Crippen LogP contribution in [0.4, 0.5) is 5.69 Å². The van der Waals surface area contributed by atoms with Gasteiger partial charge in [0.2, 0.25) is 5.89 Å². The number of nitrogens with zero attached hydrogens (tertiary/aromatic N) is 2. The number of aryl methyl sites for hydroxylation is 1. The molecule has 1 aliphatic heterocycles. The summed E-state index contributed by atoms with van der Waals surface area (Å²) in [6, 6.07) is 15.0. The third-order valence-corrected chi connectivity index (χ3v) is 5.51. The number of nitrogens with one attached hydrogen (secondary N) is 1. The highest BCUT2D eigenvalue weighted by molar-refractivity contribution is 7.13. The van der Waals surface area contributed by atoms with Gasteiger partial charge in [-0.2, -0.15) is 0 Å². The molecule has 0 saturated carbocycles. The molecule has 0 amide bonds. The quantitative estimate of drug-likeness (QED) is 0.716. The molecule has 0 spiro atoms. The average Bonchev–Trinajstić information content (AvgIpc) is 3.27. The summed E-state index contributed by atoms with van der Waals surface area (Å²) in [6.07, 6.45) is 2.42. The number of likely N-dealkylation sites (tertiary alicyclic amines) is 1. The molecule has 5 heteroatoms. The number of hydrogen-bond acceptors (Lipinski definition) is 5. The second kappa shape index (κ2) is 7.42. The van der Waals surface area contributed by atoms with E-state index in [1.807, 2.05) is 13.0 Å². The summed E-state index contributed by atoms with van der Waals surface area (Å²) in [7, 11) is 0. The van der Waals surface area contributed by atoms with Gasteiger partial charge >= 0.3 is 0 Å².